The molecule has 0 radical (unpaired) electrons. The van der Waals surface area contributed by atoms with Gasteiger partial charge in [0.25, 0.3) is 0 Å². The molecule has 3 aromatic carbocycles. The molecule has 5 nitrogen and oxygen atoms in total. The lowest BCUT2D eigenvalue weighted by Gasteiger charge is -2.26. The van der Waals surface area contributed by atoms with Crippen molar-refractivity contribution in [2.45, 2.75) is 6.54 Å². The fourth-order valence-electron chi connectivity index (χ4n) is 4.00. The van der Waals surface area contributed by atoms with Gasteiger partial charge in [0.2, 0.25) is 0 Å². The van der Waals surface area contributed by atoms with Crippen LogP contribution in [0.1, 0.15) is 5.56 Å². The van der Waals surface area contributed by atoms with Crippen molar-refractivity contribution in [1.82, 2.24) is 4.90 Å². The van der Waals surface area contributed by atoms with Gasteiger partial charge < -0.3 is 14.3 Å². The molecule has 0 amide bonds. The van der Waals surface area contributed by atoms with Gasteiger partial charge in [-0.1, -0.05) is 54.6 Å². The second-order valence-electron chi connectivity index (χ2n) is 7.79. The van der Waals surface area contributed by atoms with Crippen LogP contribution in [0.3, 0.4) is 0 Å². The fourth-order valence-corrected chi connectivity index (χ4v) is 4.00. The van der Waals surface area contributed by atoms with E-state index < -0.39 is 0 Å². The second-order valence-corrected chi connectivity index (χ2v) is 7.79. The monoisotopic (exact) mass is 413 g/mol. The topological polar surface area (TPSA) is 62.9 Å². The molecule has 5 heteroatoms. The number of aromatic hydroxyl groups is 1. The van der Waals surface area contributed by atoms with E-state index in [2.05, 4.69) is 17.0 Å². The van der Waals surface area contributed by atoms with E-state index >= 15 is 0 Å². The molecule has 31 heavy (non-hydrogen) atoms. The van der Waals surface area contributed by atoms with Crippen LogP contribution in [-0.4, -0.2) is 36.3 Å². The predicted octanol–water partition coefficient (Wildman–Crippen LogP) is 4.66. The Morgan fingerprint density at radius 3 is 2.32 bits per heavy atom. The first-order valence-corrected chi connectivity index (χ1v) is 10.4. The number of ether oxygens (including phenoxy) is 1. The Morgan fingerprint density at radius 1 is 0.839 bits per heavy atom. The lowest BCUT2D eigenvalue weighted by molar-refractivity contribution is 0.0342. The van der Waals surface area contributed by atoms with Crippen LogP contribution in [-0.2, 0) is 11.3 Å². The summed E-state index contributed by atoms with van der Waals surface area (Å²) in [5.41, 5.74) is 3.92. The number of hydrogen-bond donors (Lipinski definition) is 1. The van der Waals surface area contributed by atoms with Crippen molar-refractivity contribution >= 4 is 11.0 Å². The minimum atomic E-state index is -0.259. The van der Waals surface area contributed by atoms with Gasteiger partial charge in [-0.25, -0.2) is 0 Å². The molecule has 1 aromatic heterocycles. The zero-order valence-corrected chi connectivity index (χ0v) is 17.1. The van der Waals surface area contributed by atoms with Crippen LogP contribution < -0.4 is 5.43 Å². The van der Waals surface area contributed by atoms with E-state index in [1.807, 2.05) is 48.5 Å². The summed E-state index contributed by atoms with van der Waals surface area (Å²) >= 11 is 0. The smallest absolute Gasteiger partial charge is 0.197 e. The average molecular weight is 413 g/mol. The fraction of sp³-hybridized carbons (Fsp3) is 0.192. The van der Waals surface area contributed by atoms with E-state index in [0.29, 0.717) is 11.3 Å². The number of fused-ring (bicyclic) bond motifs is 1. The van der Waals surface area contributed by atoms with Gasteiger partial charge in [-0.3, -0.25) is 9.69 Å². The summed E-state index contributed by atoms with van der Waals surface area (Å²) in [6.07, 6.45) is 0. The molecule has 2 heterocycles. The molecule has 0 bridgehead atoms. The van der Waals surface area contributed by atoms with Crippen LogP contribution in [0.15, 0.2) is 82.0 Å². The molecule has 4 aromatic rings. The maximum Gasteiger partial charge on any atom is 0.197 e. The van der Waals surface area contributed by atoms with Gasteiger partial charge in [0.1, 0.15) is 22.5 Å². The highest BCUT2D eigenvalue weighted by Crippen LogP contribution is 2.32. The third-order valence-corrected chi connectivity index (χ3v) is 5.67. The maximum absolute atomic E-state index is 12.6. The summed E-state index contributed by atoms with van der Waals surface area (Å²) in [5, 5.41) is 10.7. The normalized spacial score (nSPS) is 14.7. The quantitative estimate of drug-likeness (QED) is 0.527. The van der Waals surface area contributed by atoms with E-state index in [0.717, 1.165) is 49.5 Å². The summed E-state index contributed by atoms with van der Waals surface area (Å²) in [4.78, 5) is 15.0. The molecule has 1 N–H and O–H groups in total. The Kier molecular flexibility index (Phi) is 5.28. The van der Waals surface area contributed by atoms with Crippen molar-refractivity contribution in [1.29, 1.82) is 0 Å². The number of rotatable bonds is 4. The van der Waals surface area contributed by atoms with E-state index in [9.17, 15) is 9.90 Å². The van der Waals surface area contributed by atoms with E-state index in [1.54, 1.807) is 6.07 Å². The van der Waals surface area contributed by atoms with Crippen LogP contribution in [0.4, 0.5) is 0 Å². The van der Waals surface area contributed by atoms with E-state index in [4.69, 9.17) is 9.15 Å². The summed E-state index contributed by atoms with van der Waals surface area (Å²) in [6.45, 7) is 4.35. The number of nitrogens with zero attached hydrogens (tertiary/aromatic N) is 1. The van der Waals surface area contributed by atoms with Crippen molar-refractivity contribution in [3.05, 3.63) is 88.6 Å². The maximum atomic E-state index is 12.6. The van der Waals surface area contributed by atoms with Crippen molar-refractivity contribution in [2.75, 3.05) is 26.3 Å². The molecule has 5 rings (SSSR count). The SMILES string of the molecule is O=c1cc(-c2ccccc2)oc2cc(-c3ccc(CN4CCOCC4)cc3)cc(O)c12. The van der Waals surface area contributed by atoms with Gasteiger partial charge in [-0.15, -0.1) is 0 Å². The molecule has 0 unspecified atom stereocenters. The number of phenolic OH excluding ortho intramolecular Hbond substituents is 1. The zero-order valence-electron chi connectivity index (χ0n) is 17.1. The first kappa shape index (κ1) is 19.5. The number of phenols is 1. The number of benzene rings is 3. The molecular weight excluding hydrogens is 390 g/mol. The molecule has 0 saturated carbocycles. The van der Waals surface area contributed by atoms with Gasteiger partial charge in [-0.2, -0.15) is 0 Å². The van der Waals surface area contributed by atoms with Crippen molar-refractivity contribution in [2.24, 2.45) is 0 Å². The minimum Gasteiger partial charge on any atom is -0.507 e. The van der Waals surface area contributed by atoms with E-state index in [-0.39, 0.29) is 16.6 Å². The molecule has 1 fully saturated rings. The standard InChI is InChI=1S/C26H23NO4/c28-22-14-21(19-8-6-18(7-9-19)17-27-10-12-30-13-11-27)15-25-26(22)23(29)16-24(31-25)20-4-2-1-3-5-20/h1-9,14-16,28H,10-13,17H2. The van der Waals surface area contributed by atoms with Crippen LogP contribution in [0.25, 0.3) is 33.4 Å². The highest BCUT2D eigenvalue weighted by Gasteiger charge is 2.14. The molecule has 0 atom stereocenters. The molecule has 0 aliphatic carbocycles. The largest absolute Gasteiger partial charge is 0.507 e. The average Bonchev–Trinajstić information content (AvgIpc) is 2.80. The van der Waals surface area contributed by atoms with Crippen LogP contribution >= 0.6 is 0 Å². The summed E-state index contributed by atoms with van der Waals surface area (Å²) in [7, 11) is 0. The second kappa shape index (κ2) is 8.38. The predicted molar refractivity (Wildman–Crippen MR) is 121 cm³/mol. The molecule has 1 aliphatic heterocycles. The molecular formula is C26H23NO4. The Balaban J connectivity index is 1.49. The van der Waals surface area contributed by atoms with Crippen LogP contribution in [0.2, 0.25) is 0 Å². The van der Waals surface area contributed by atoms with Crippen LogP contribution in [0, 0.1) is 0 Å². The molecule has 1 aliphatic rings. The molecule has 1 saturated heterocycles. The van der Waals surface area contributed by atoms with Gasteiger partial charge in [0.05, 0.1) is 13.2 Å². The van der Waals surface area contributed by atoms with Crippen molar-refractivity contribution in [3.8, 4) is 28.2 Å². The van der Waals surface area contributed by atoms with Gasteiger partial charge in [0, 0.05) is 31.3 Å². The lowest BCUT2D eigenvalue weighted by atomic mass is 10.0. The minimum absolute atomic E-state index is 0.0711. The van der Waals surface area contributed by atoms with Crippen molar-refractivity contribution < 1.29 is 14.3 Å². The molecule has 0 spiro atoms. The Morgan fingerprint density at radius 2 is 1.58 bits per heavy atom. The molecule has 156 valence electrons. The Hall–Kier alpha value is -3.41. The van der Waals surface area contributed by atoms with Gasteiger partial charge >= 0.3 is 0 Å². The van der Waals surface area contributed by atoms with Gasteiger partial charge in [-0.05, 0) is 28.8 Å². The zero-order chi connectivity index (χ0) is 21.2. The lowest BCUT2D eigenvalue weighted by Crippen LogP contribution is -2.35. The van der Waals surface area contributed by atoms with Crippen molar-refractivity contribution in [3.63, 3.8) is 0 Å². The first-order valence-electron chi connectivity index (χ1n) is 10.4. The number of morpholine rings is 1. The third kappa shape index (κ3) is 4.10. The first-order chi connectivity index (χ1) is 15.2. The third-order valence-electron chi connectivity index (χ3n) is 5.67. The van der Waals surface area contributed by atoms with E-state index in [1.165, 1.54) is 11.6 Å². The summed E-state index contributed by atoms with van der Waals surface area (Å²) in [5.74, 6) is 0.411. The summed E-state index contributed by atoms with van der Waals surface area (Å²) in [6, 6.07) is 22.6. The van der Waals surface area contributed by atoms with Crippen LogP contribution in [0.5, 0.6) is 5.75 Å². The Labute approximate surface area is 180 Å². The highest BCUT2D eigenvalue weighted by molar-refractivity contribution is 5.89. The highest BCUT2D eigenvalue weighted by atomic mass is 16.5. The summed E-state index contributed by atoms with van der Waals surface area (Å²) < 4.78 is 11.4. The number of hydrogen-bond acceptors (Lipinski definition) is 5. The van der Waals surface area contributed by atoms with Gasteiger partial charge in [0.15, 0.2) is 5.43 Å². The Bertz CT molecular complexity index is 1260.